The van der Waals surface area contributed by atoms with Crippen LogP contribution >= 0.6 is 23.5 Å². The second-order valence-electron chi connectivity index (χ2n) is 5.51. The number of ether oxygens (including phenoxy) is 1. The Bertz CT molecular complexity index is 906. The highest BCUT2D eigenvalue weighted by Gasteiger charge is 2.22. The third kappa shape index (κ3) is 3.48. The molecule has 4 nitrogen and oxygen atoms in total. The van der Waals surface area contributed by atoms with Crippen LogP contribution in [0.5, 0.6) is 11.6 Å². The van der Waals surface area contributed by atoms with Crippen molar-refractivity contribution in [2.24, 2.45) is 0 Å². The summed E-state index contributed by atoms with van der Waals surface area (Å²) in [5.74, 6) is 1.68. The first kappa shape index (κ1) is 16.0. The lowest BCUT2D eigenvalue weighted by atomic mass is 10.2. The summed E-state index contributed by atoms with van der Waals surface area (Å²) >= 11 is 7.50. The van der Waals surface area contributed by atoms with Crippen molar-refractivity contribution in [2.75, 3.05) is 4.31 Å². The van der Waals surface area contributed by atoms with E-state index < -0.39 is 0 Å². The highest BCUT2D eigenvalue weighted by atomic mass is 35.5. The van der Waals surface area contributed by atoms with Gasteiger partial charge >= 0.3 is 0 Å². The smallest absolute Gasteiger partial charge is 0.221 e. The quantitative estimate of drug-likeness (QED) is 0.457. The Balaban J connectivity index is 1.63. The second kappa shape index (κ2) is 6.78. The summed E-state index contributed by atoms with van der Waals surface area (Å²) in [6.07, 6.45) is 0.799. The molecular weight excluding hydrogens is 356 g/mol. The van der Waals surface area contributed by atoms with Crippen molar-refractivity contribution < 1.29 is 9.53 Å². The molecule has 0 unspecified atom stereocenters. The summed E-state index contributed by atoms with van der Waals surface area (Å²) in [5, 5.41) is 0.633. The molecule has 4 rings (SSSR count). The molecule has 0 spiro atoms. The van der Waals surface area contributed by atoms with Crippen LogP contribution in [0.1, 0.15) is 15.9 Å². The standard InChI is InChI=1S/C19H13ClN2O2S/c20-15-5-7-16(8-6-15)24-19-10-13(12-23)9-18(21-19)22-11-14-3-1-2-4-17(14)25-22/h1-10,12H,11H2. The lowest BCUT2D eigenvalue weighted by molar-refractivity contribution is 0.112. The molecule has 0 saturated heterocycles. The van der Waals surface area contributed by atoms with Gasteiger partial charge in [-0.1, -0.05) is 29.8 Å². The van der Waals surface area contributed by atoms with Crippen molar-refractivity contribution in [1.29, 1.82) is 0 Å². The van der Waals surface area contributed by atoms with Crippen molar-refractivity contribution in [3.05, 3.63) is 76.8 Å². The number of aldehydes is 1. The zero-order chi connectivity index (χ0) is 17.2. The molecule has 0 bridgehead atoms. The van der Waals surface area contributed by atoms with E-state index in [9.17, 15) is 4.79 Å². The maximum absolute atomic E-state index is 11.3. The Kier molecular flexibility index (Phi) is 4.34. The zero-order valence-electron chi connectivity index (χ0n) is 13.1. The molecule has 1 aliphatic rings. The van der Waals surface area contributed by atoms with E-state index >= 15 is 0 Å². The summed E-state index contributed by atoms with van der Waals surface area (Å²) in [7, 11) is 0. The third-order valence-corrected chi connectivity index (χ3v) is 5.12. The summed E-state index contributed by atoms with van der Waals surface area (Å²) in [5.41, 5.74) is 1.76. The Morgan fingerprint density at radius 2 is 1.92 bits per heavy atom. The van der Waals surface area contributed by atoms with Gasteiger partial charge in [-0.25, -0.2) is 0 Å². The number of halogens is 1. The predicted octanol–water partition coefficient (Wildman–Crippen LogP) is 5.37. The van der Waals surface area contributed by atoms with Gasteiger partial charge in [-0.2, -0.15) is 4.98 Å². The van der Waals surface area contributed by atoms with Gasteiger partial charge in [-0.15, -0.1) is 0 Å². The largest absolute Gasteiger partial charge is 0.439 e. The molecule has 0 radical (unpaired) electrons. The number of aromatic nitrogens is 1. The number of hydrogen-bond acceptors (Lipinski definition) is 5. The van der Waals surface area contributed by atoms with Crippen LogP contribution in [0.2, 0.25) is 5.02 Å². The van der Waals surface area contributed by atoms with E-state index in [1.807, 2.05) is 16.4 Å². The molecule has 3 aromatic rings. The number of rotatable bonds is 4. The topological polar surface area (TPSA) is 42.4 Å². The van der Waals surface area contributed by atoms with Crippen LogP contribution in [-0.4, -0.2) is 11.3 Å². The molecule has 25 heavy (non-hydrogen) atoms. The minimum atomic E-state index is 0.374. The van der Waals surface area contributed by atoms with E-state index in [0.29, 0.717) is 28.0 Å². The molecule has 0 amide bonds. The fourth-order valence-electron chi connectivity index (χ4n) is 2.54. The molecule has 1 aromatic heterocycles. The summed E-state index contributed by atoms with van der Waals surface area (Å²) in [6, 6.07) is 18.6. The maximum Gasteiger partial charge on any atom is 0.221 e. The van der Waals surface area contributed by atoms with E-state index in [1.165, 1.54) is 10.5 Å². The molecule has 0 N–H and O–H groups in total. The van der Waals surface area contributed by atoms with Gasteiger partial charge in [-0.05, 0) is 53.9 Å². The minimum absolute atomic E-state index is 0.374. The second-order valence-corrected chi connectivity index (χ2v) is 7.01. The van der Waals surface area contributed by atoms with Gasteiger partial charge in [0.1, 0.15) is 17.9 Å². The highest BCUT2D eigenvalue weighted by molar-refractivity contribution is 8.01. The van der Waals surface area contributed by atoms with Gasteiger partial charge < -0.3 is 4.74 Å². The van der Waals surface area contributed by atoms with Gasteiger partial charge in [0.05, 0.1) is 6.54 Å². The average molecular weight is 369 g/mol. The van der Waals surface area contributed by atoms with Crippen LogP contribution in [0.25, 0.3) is 0 Å². The van der Waals surface area contributed by atoms with Crippen LogP contribution in [0.3, 0.4) is 0 Å². The zero-order valence-corrected chi connectivity index (χ0v) is 14.6. The number of anilines is 1. The van der Waals surface area contributed by atoms with Gasteiger partial charge in [0.25, 0.3) is 0 Å². The van der Waals surface area contributed by atoms with Crippen LogP contribution in [-0.2, 0) is 6.54 Å². The SMILES string of the molecule is O=Cc1cc(Oc2ccc(Cl)cc2)nc(N2Cc3ccccc3S2)c1. The molecule has 1 aliphatic heterocycles. The summed E-state index contributed by atoms with van der Waals surface area (Å²) in [6.45, 7) is 0.733. The van der Waals surface area contributed by atoms with Crippen molar-refractivity contribution in [3.8, 4) is 11.6 Å². The lowest BCUT2D eigenvalue weighted by Crippen LogP contribution is -2.10. The monoisotopic (exact) mass is 368 g/mol. The van der Waals surface area contributed by atoms with E-state index in [2.05, 4.69) is 17.1 Å². The van der Waals surface area contributed by atoms with Gasteiger partial charge in [0.15, 0.2) is 0 Å². The third-order valence-electron chi connectivity index (χ3n) is 3.73. The molecule has 2 aromatic carbocycles. The summed E-state index contributed by atoms with van der Waals surface area (Å²) in [4.78, 5) is 17.1. The molecule has 0 aliphatic carbocycles. The van der Waals surface area contributed by atoms with E-state index in [1.54, 1.807) is 48.3 Å². The molecule has 0 atom stereocenters. The van der Waals surface area contributed by atoms with E-state index in [0.717, 1.165) is 12.8 Å². The first-order chi connectivity index (χ1) is 12.2. The molecule has 2 heterocycles. The van der Waals surface area contributed by atoms with Crippen molar-refractivity contribution in [3.63, 3.8) is 0 Å². The summed E-state index contributed by atoms with van der Waals surface area (Å²) < 4.78 is 7.84. The normalized spacial score (nSPS) is 12.8. The molecule has 6 heteroatoms. The lowest BCUT2D eigenvalue weighted by Gasteiger charge is -2.16. The number of hydrogen-bond donors (Lipinski definition) is 0. The molecular formula is C19H13ClN2O2S. The van der Waals surface area contributed by atoms with Crippen LogP contribution < -0.4 is 9.04 Å². The predicted molar refractivity (Wildman–Crippen MR) is 99.6 cm³/mol. The Morgan fingerprint density at radius 1 is 1.12 bits per heavy atom. The molecule has 124 valence electrons. The maximum atomic E-state index is 11.3. The number of benzene rings is 2. The van der Waals surface area contributed by atoms with E-state index in [-0.39, 0.29) is 0 Å². The average Bonchev–Trinajstić information content (AvgIpc) is 3.07. The first-order valence-electron chi connectivity index (χ1n) is 7.65. The fraction of sp³-hybridized carbons (Fsp3) is 0.0526. The number of carbonyl (C=O) groups excluding carboxylic acids is 1. The number of fused-ring (bicyclic) bond motifs is 1. The highest BCUT2D eigenvalue weighted by Crippen LogP contribution is 2.39. The van der Waals surface area contributed by atoms with Crippen LogP contribution in [0.15, 0.2) is 65.6 Å². The number of pyridine rings is 1. The fourth-order valence-corrected chi connectivity index (χ4v) is 3.68. The van der Waals surface area contributed by atoms with Crippen LogP contribution in [0, 0.1) is 0 Å². The Hall–Kier alpha value is -2.50. The van der Waals surface area contributed by atoms with Gasteiger partial charge in [-0.3, -0.25) is 9.10 Å². The van der Waals surface area contributed by atoms with E-state index in [4.69, 9.17) is 16.3 Å². The number of carbonyl (C=O) groups is 1. The first-order valence-corrected chi connectivity index (χ1v) is 8.80. The Morgan fingerprint density at radius 3 is 2.68 bits per heavy atom. The molecule has 0 fully saturated rings. The minimum Gasteiger partial charge on any atom is -0.439 e. The van der Waals surface area contributed by atoms with Crippen molar-refractivity contribution >= 4 is 35.7 Å². The van der Waals surface area contributed by atoms with Crippen molar-refractivity contribution in [2.45, 2.75) is 11.4 Å². The Labute approximate surface area is 154 Å². The van der Waals surface area contributed by atoms with Crippen molar-refractivity contribution in [1.82, 2.24) is 4.98 Å². The molecule has 0 saturated carbocycles. The van der Waals surface area contributed by atoms with Gasteiger partial charge in [0, 0.05) is 21.5 Å². The number of nitrogens with zero attached hydrogens (tertiary/aromatic N) is 2. The van der Waals surface area contributed by atoms with Crippen LogP contribution in [0.4, 0.5) is 5.82 Å². The van der Waals surface area contributed by atoms with Gasteiger partial charge in [0.2, 0.25) is 5.88 Å².